The summed E-state index contributed by atoms with van der Waals surface area (Å²) in [7, 11) is 1.34. The van der Waals surface area contributed by atoms with E-state index in [0.717, 1.165) is 11.3 Å². The summed E-state index contributed by atoms with van der Waals surface area (Å²) in [4.78, 5) is 19.1. The molecule has 0 atom stereocenters. The largest absolute Gasteiger partial charge is 0.468 e. The van der Waals surface area contributed by atoms with Gasteiger partial charge in [-0.15, -0.1) is 0 Å². The van der Waals surface area contributed by atoms with E-state index in [2.05, 4.69) is 19.8 Å². The van der Waals surface area contributed by atoms with Gasteiger partial charge in [0.05, 0.1) is 25.2 Å². The second-order valence-corrected chi connectivity index (χ2v) is 3.09. The molecule has 2 aromatic rings. The van der Waals surface area contributed by atoms with Gasteiger partial charge >= 0.3 is 5.97 Å². The molecular weight excluding hydrogens is 208 g/mol. The van der Waals surface area contributed by atoms with Gasteiger partial charge in [-0.1, -0.05) is 0 Å². The number of esters is 1. The first kappa shape index (κ1) is 10.3. The molecule has 0 aliphatic carbocycles. The monoisotopic (exact) mass is 218 g/mol. The molecule has 0 radical (unpaired) electrons. The molecule has 0 aromatic carbocycles. The van der Waals surface area contributed by atoms with Crippen LogP contribution in [0.25, 0.3) is 11.3 Å². The molecule has 0 unspecified atom stereocenters. The van der Waals surface area contributed by atoms with E-state index in [0.29, 0.717) is 0 Å². The minimum absolute atomic E-state index is 0.0940. The van der Waals surface area contributed by atoms with E-state index < -0.39 is 0 Å². The lowest BCUT2D eigenvalue weighted by atomic mass is 10.3. The third-order valence-corrected chi connectivity index (χ3v) is 2.01. The highest BCUT2D eigenvalue weighted by Crippen LogP contribution is 2.13. The predicted octanol–water partition coefficient (Wildman–Crippen LogP) is 0.513. The van der Waals surface area contributed by atoms with Gasteiger partial charge in [-0.25, -0.2) is 0 Å². The highest BCUT2D eigenvalue weighted by atomic mass is 16.5. The van der Waals surface area contributed by atoms with E-state index in [-0.39, 0.29) is 12.5 Å². The summed E-state index contributed by atoms with van der Waals surface area (Å²) in [5.41, 5.74) is 1.54. The van der Waals surface area contributed by atoms with Crippen molar-refractivity contribution in [3.63, 3.8) is 0 Å². The van der Waals surface area contributed by atoms with Crippen LogP contribution in [0.1, 0.15) is 0 Å². The average molecular weight is 218 g/mol. The van der Waals surface area contributed by atoms with Crippen LogP contribution < -0.4 is 0 Å². The molecule has 2 aromatic heterocycles. The third-order valence-electron chi connectivity index (χ3n) is 2.01. The maximum Gasteiger partial charge on any atom is 0.327 e. The summed E-state index contributed by atoms with van der Waals surface area (Å²) in [6.45, 7) is 0.0940. The fourth-order valence-corrected chi connectivity index (χ4v) is 1.23. The molecule has 16 heavy (non-hydrogen) atoms. The normalized spacial score (nSPS) is 10.1. The van der Waals surface area contributed by atoms with Crippen molar-refractivity contribution >= 4 is 5.97 Å². The molecule has 6 nitrogen and oxygen atoms in total. The Morgan fingerprint density at radius 3 is 3.00 bits per heavy atom. The number of hydrogen-bond acceptors (Lipinski definition) is 5. The molecule has 0 N–H and O–H groups in total. The van der Waals surface area contributed by atoms with E-state index >= 15 is 0 Å². The van der Waals surface area contributed by atoms with E-state index in [9.17, 15) is 4.79 Å². The number of methoxy groups -OCH3 is 1. The lowest BCUT2D eigenvalue weighted by Gasteiger charge is -1.98. The second kappa shape index (κ2) is 4.52. The van der Waals surface area contributed by atoms with Crippen LogP contribution in [0.15, 0.2) is 31.0 Å². The Morgan fingerprint density at radius 2 is 2.31 bits per heavy atom. The fourth-order valence-electron chi connectivity index (χ4n) is 1.23. The van der Waals surface area contributed by atoms with Gasteiger partial charge in [-0.2, -0.15) is 5.10 Å². The number of carbonyl (C=O) groups is 1. The van der Waals surface area contributed by atoms with Crippen LogP contribution in [0.5, 0.6) is 0 Å². The molecule has 0 aliphatic rings. The number of nitrogens with zero attached hydrogens (tertiary/aromatic N) is 4. The van der Waals surface area contributed by atoms with Gasteiger partial charge in [0, 0.05) is 24.2 Å². The second-order valence-electron chi connectivity index (χ2n) is 3.09. The molecule has 6 heteroatoms. The Kier molecular flexibility index (Phi) is 2.90. The van der Waals surface area contributed by atoms with Crippen LogP contribution in [0, 0.1) is 0 Å². The van der Waals surface area contributed by atoms with E-state index in [1.165, 1.54) is 11.8 Å². The van der Waals surface area contributed by atoms with Crippen molar-refractivity contribution in [3.8, 4) is 11.3 Å². The molecule has 2 heterocycles. The Bertz CT molecular complexity index is 481. The van der Waals surface area contributed by atoms with E-state index in [1.54, 1.807) is 31.0 Å². The molecule has 0 amide bonds. The number of hydrogen-bond donors (Lipinski definition) is 0. The summed E-state index contributed by atoms with van der Waals surface area (Å²) < 4.78 is 6.04. The van der Waals surface area contributed by atoms with Gasteiger partial charge in [-0.05, 0) is 0 Å². The van der Waals surface area contributed by atoms with Crippen LogP contribution in [-0.4, -0.2) is 32.8 Å². The molecule has 0 saturated carbocycles. The van der Waals surface area contributed by atoms with Crippen molar-refractivity contribution in [3.05, 3.63) is 31.0 Å². The predicted molar refractivity (Wildman–Crippen MR) is 55.3 cm³/mol. The Labute approximate surface area is 91.9 Å². The smallest absolute Gasteiger partial charge is 0.327 e. The SMILES string of the molecule is COC(=O)Cn1cc(-c2cnccn2)cn1. The van der Waals surface area contributed by atoms with Gasteiger partial charge in [0.2, 0.25) is 0 Å². The van der Waals surface area contributed by atoms with Crippen molar-refractivity contribution in [2.24, 2.45) is 0 Å². The zero-order valence-electron chi connectivity index (χ0n) is 8.70. The van der Waals surface area contributed by atoms with Crippen molar-refractivity contribution in [1.29, 1.82) is 0 Å². The number of ether oxygens (including phenoxy) is 1. The van der Waals surface area contributed by atoms with Crippen molar-refractivity contribution in [2.45, 2.75) is 6.54 Å². The van der Waals surface area contributed by atoms with Crippen molar-refractivity contribution < 1.29 is 9.53 Å². The summed E-state index contributed by atoms with van der Waals surface area (Å²) in [6, 6.07) is 0. The molecule has 82 valence electrons. The van der Waals surface area contributed by atoms with Gasteiger partial charge < -0.3 is 4.74 Å². The zero-order chi connectivity index (χ0) is 11.4. The van der Waals surface area contributed by atoms with E-state index in [4.69, 9.17) is 0 Å². The zero-order valence-corrected chi connectivity index (χ0v) is 8.70. The van der Waals surface area contributed by atoms with Gasteiger partial charge in [0.1, 0.15) is 6.54 Å². The number of rotatable bonds is 3. The lowest BCUT2D eigenvalue weighted by Crippen LogP contribution is -2.11. The molecule has 0 saturated heterocycles. The van der Waals surface area contributed by atoms with Gasteiger partial charge in [-0.3, -0.25) is 19.4 Å². The molecular formula is C10H10N4O2. The minimum atomic E-state index is -0.339. The van der Waals surface area contributed by atoms with Gasteiger partial charge in [0.25, 0.3) is 0 Å². The molecule has 0 aliphatic heterocycles. The summed E-state index contributed by atoms with van der Waals surface area (Å²) in [6.07, 6.45) is 8.20. The van der Waals surface area contributed by atoms with Crippen LogP contribution >= 0.6 is 0 Å². The Morgan fingerprint density at radius 1 is 1.44 bits per heavy atom. The minimum Gasteiger partial charge on any atom is -0.468 e. The first-order valence-electron chi connectivity index (χ1n) is 4.65. The summed E-state index contributed by atoms with van der Waals surface area (Å²) in [5.74, 6) is -0.339. The van der Waals surface area contributed by atoms with E-state index in [1.807, 2.05) is 0 Å². The fraction of sp³-hybridized carbons (Fsp3) is 0.200. The van der Waals surface area contributed by atoms with Gasteiger partial charge in [0.15, 0.2) is 0 Å². The molecule has 0 fully saturated rings. The Balaban J connectivity index is 2.17. The lowest BCUT2D eigenvalue weighted by molar-refractivity contribution is -0.141. The quantitative estimate of drug-likeness (QED) is 0.702. The maximum absolute atomic E-state index is 11.0. The average Bonchev–Trinajstić information content (AvgIpc) is 2.78. The highest BCUT2D eigenvalue weighted by molar-refractivity contribution is 5.69. The molecule has 0 bridgehead atoms. The molecule has 0 spiro atoms. The first-order valence-corrected chi connectivity index (χ1v) is 4.65. The van der Waals surface area contributed by atoms with Crippen molar-refractivity contribution in [1.82, 2.24) is 19.7 Å². The van der Waals surface area contributed by atoms with Crippen LogP contribution in [0.4, 0.5) is 0 Å². The first-order chi connectivity index (χ1) is 7.79. The van der Waals surface area contributed by atoms with Crippen LogP contribution in [0.2, 0.25) is 0 Å². The summed E-state index contributed by atoms with van der Waals surface area (Å²) in [5, 5.41) is 4.03. The number of carbonyl (C=O) groups excluding carboxylic acids is 1. The van der Waals surface area contributed by atoms with Crippen LogP contribution in [0.3, 0.4) is 0 Å². The standard InChI is InChI=1S/C10H10N4O2/c1-16-10(15)7-14-6-8(4-13-14)9-5-11-2-3-12-9/h2-6H,7H2,1H3. The molecule has 2 rings (SSSR count). The maximum atomic E-state index is 11.0. The van der Waals surface area contributed by atoms with Crippen molar-refractivity contribution in [2.75, 3.05) is 7.11 Å². The topological polar surface area (TPSA) is 69.9 Å². The Hall–Kier alpha value is -2.24. The van der Waals surface area contributed by atoms with Crippen LogP contribution in [-0.2, 0) is 16.1 Å². The number of aromatic nitrogens is 4. The summed E-state index contributed by atoms with van der Waals surface area (Å²) >= 11 is 0. The highest BCUT2D eigenvalue weighted by Gasteiger charge is 2.06. The third kappa shape index (κ3) is 2.22.